The zero-order chi connectivity index (χ0) is 57.8. The first-order valence-corrected chi connectivity index (χ1v) is 33.9. The topological polar surface area (TPSA) is 78.9 Å². The standard InChI is InChI=1S/C74H126O6/c1-4-7-10-13-16-19-22-25-27-29-30-31-32-33-34-35-36-37-38-39-40-41-42-43-44-45-47-49-52-55-58-61-64-67-73(76)79-70-71(69-78-72(75)66-63-60-57-54-51-48-24-21-18-15-12-9-6-3)80-74(77)68-65-62-59-56-53-50-46-28-26-23-20-17-14-11-8-5-2/h7,10,16,19,21,24-25,27,30-31,33-34,36-37,39-40,42-43,71H,4-6,8-9,11-15,17-18,20,22-23,26,28-29,32,35,38,41,44-70H2,1-3H3/b10-7-,19-16-,24-21-,27-25-,31-30-,34-33-,37-36-,40-39-,43-42-. The number of allylic oxidation sites excluding steroid dienone is 18. The molecule has 0 aliphatic heterocycles. The van der Waals surface area contributed by atoms with Crippen LogP contribution in [0, 0.1) is 0 Å². The minimum atomic E-state index is -0.784. The fourth-order valence-corrected chi connectivity index (χ4v) is 9.45. The van der Waals surface area contributed by atoms with Gasteiger partial charge in [-0.05, 0) is 109 Å². The molecule has 0 aliphatic rings. The number of carbonyl (C=O) groups is 3. The summed E-state index contributed by atoms with van der Waals surface area (Å²) in [5, 5.41) is 0. The molecule has 0 heterocycles. The van der Waals surface area contributed by atoms with Gasteiger partial charge in [0, 0.05) is 19.3 Å². The zero-order valence-electron chi connectivity index (χ0n) is 52.6. The Morgan fingerprint density at radius 1 is 0.263 bits per heavy atom. The van der Waals surface area contributed by atoms with Gasteiger partial charge in [0.15, 0.2) is 6.10 Å². The third-order valence-electron chi connectivity index (χ3n) is 14.5. The predicted octanol–water partition coefficient (Wildman–Crippen LogP) is 23.4. The molecule has 0 bridgehead atoms. The van der Waals surface area contributed by atoms with Crippen LogP contribution in [0.1, 0.15) is 323 Å². The molecule has 0 N–H and O–H groups in total. The van der Waals surface area contributed by atoms with Crippen molar-refractivity contribution in [2.75, 3.05) is 13.2 Å². The first kappa shape index (κ1) is 76.1. The first-order valence-electron chi connectivity index (χ1n) is 33.9. The molecule has 0 rings (SSSR count). The Bertz CT molecular complexity index is 1610. The molecular formula is C74H126O6. The minimum Gasteiger partial charge on any atom is -0.462 e. The van der Waals surface area contributed by atoms with E-state index in [0.29, 0.717) is 19.3 Å². The van der Waals surface area contributed by atoms with E-state index in [1.807, 2.05) is 0 Å². The van der Waals surface area contributed by atoms with Crippen LogP contribution in [0.4, 0.5) is 0 Å². The molecule has 0 fully saturated rings. The average Bonchev–Trinajstić information content (AvgIpc) is 3.46. The maximum atomic E-state index is 12.9. The summed E-state index contributed by atoms with van der Waals surface area (Å²) in [5.74, 6) is -0.886. The van der Waals surface area contributed by atoms with Crippen molar-refractivity contribution in [3.63, 3.8) is 0 Å². The Morgan fingerprint density at radius 2 is 0.487 bits per heavy atom. The summed E-state index contributed by atoms with van der Waals surface area (Å²) in [7, 11) is 0. The van der Waals surface area contributed by atoms with Crippen LogP contribution in [0.5, 0.6) is 0 Å². The molecule has 1 unspecified atom stereocenters. The Hall–Kier alpha value is -3.93. The number of carbonyl (C=O) groups excluding carboxylic acids is 3. The van der Waals surface area contributed by atoms with Crippen LogP contribution in [0.15, 0.2) is 109 Å². The fourth-order valence-electron chi connectivity index (χ4n) is 9.45. The SMILES string of the molecule is CC/C=C\C/C=C\C/C=C\C/C=C\C/C=C\C/C=C\C/C=C\C/C=C\CCCCCCCCCCC(=O)OCC(COC(=O)CCCCCCC/C=C\CCCCCC)OC(=O)CCCCCCCCCCCCCCCCCC. The second-order valence-electron chi connectivity index (χ2n) is 22.4. The molecular weight excluding hydrogens is 985 g/mol. The lowest BCUT2D eigenvalue weighted by molar-refractivity contribution is -0.167. The van der Waals surface area contributed by atoms with Gasteiger partial charge in [0.2, 0.25) is 0 Å². The second kappa shape index (κ2) is 67.6. The van der Waals surface area contributed by atoms with Crippen molar-refractivity contribution < 1.29 is 28.6 Å². The Labute approximate surface area is 495 Å². The molecule has 0 amide bonds. The first-order chi connectivity index (χ1) is 39.5. The maximum Gasteiger partial charge on any atom is 0.306 e. The smallest absolute Gasteiger partial charge is 0.306 e. The van der Waals surface area contributed by atoms with Gasteiger partial charge in [-0.3, -0.25) is 14.4 Å². The summed E-state index contributed by atoms with van der Waals surface area (Å²) >= 11 is 0. The van der Waals surface area contributed by atoms with Crippen LogP contribution < -0.4 is 0 Å². The Balaban J connectivity index is 4.26. The maximum absolute atomic E-state index is 12.9. The van der Waals surface area contributed by atoms with Crippen LogP contribution in [-0.4, -0.2) is 37.2 Å². The summed E-state index contributed by atoms with van der Waals surface area (Å²) in [6.45, 7) is 6.53. The molecule has 0 aromatic rings. The predicted molar refractivity (Wildman–Crippen MR) is 348 cm³/mol. The number of rotatable bonds is 61. The molecule has 0 saturated heterocycles. The van der Waals surface area contributed by atoms with E-state index in [4.69, 9.17) is 14.2 Å². The normalized spacial score (nSPS) is 12.8. The molecule has 0 aliphatic carbocycles. The van der Waals surface area contributed by atoms with Crippen molar-refractivity contribution >= 4 is 17.9 Å². The molecule has 0 spiro atoms. The highest BCUT2D eigenvalue weighted by Gasteiger charge is 2.19. The molecule has 80 heavy (non-hydrogen) atoms. The van der Waals surface area contributed by atoms with Crippen molar-refractivity contribution in [3.8, 4) is 0 Å². The van der Waals surface area contributed by atoms with E-state index in [1.165, 1.54) is 161 Å². The largest absolute Gasteiger partial charge is 0.462 e. The number of unbranched alkanes of at least 4 members (excludes halogenated alkanes) is 32. The lowest BCUT2D eigenvalue weighted by atomic mass is 10.0. The second-order valence-corrected chi connectivity index (χ2v) is 22.4. The molecule has 0 saturated carbocycles. The van der Waals surface area contributed by atoms with Crippen molar-refractivity contribution in [1.82, 2.24) is 0 Å². The van der Waals surface area contributed by atoms with E-state index in [0.717, 1.165) is 122 Å². The fraction of sp³-hybridized carbons (Fsp3) is 0.716. The van der Waals surface area contributed by atoms with E-state index in [-0.39, 0.29) is 31.1 Å². The number of hydrogen-bond acceptors (Lipinski definition) is 6. The monoisotopic (exact) mass is 1110 g/mol. The molecule has 0 aromatic heterocycles. The third-order valence-corrected chi connectivity index (χ3v) is 14.5. The van der Waals surface area contributed by atoms with Gasteiger partial charge in [0.1, 0.15) is 13.2 Å². The van der Waals surface area contributed by atoms with E-state index in [9.17, 15) is 14.4 Å². The Kier molecular flexibility index (Phi) is 64.3. The van der Waals surface area contributed by atoms with Gasteiger partial charge >= 0.3 is 17.9 Å². The van der Waals surface area contributed by atoms with Gasteiger partial charge in [0.05, 0.1) is 0 Å². The summed E-state index contributed by atoms with van der Waals surface area (Å²) in [5.41, 5.74) is 0. The van der Waals surface area contributed by atoms with Gasteiger partial charge in [-0.2, -0.15) is 0 Å². The highest BCUT2D eigenvalue weighted by atomic mass is 16.6. The van der Waals surface area contributed by atoms with E-state index in [2.05, 4.69) is 130 Å². The van der Waals surface area contributed by atoms with Gasteiger partial charge in [-0.25, -0.2) is 0 Å². The van der Waals surface area contributed by atoms with Gasteiger partial charge in [-0.15, -0.1) is 0 Å². The molecule has 458 valence electrons. The van der Waals surface area contributed by atoms with Crippen molar-refractivity contribution in [1.29, 1.82) is 0 Å². The number of esters is 3. The number of ether oxygens (including phenoxy) is 3. The quantitative estimate of drug-likeness (QED) is 0.0261. The van der Waals surface area contributed by atoms with Crippen molar-refractivity contribution in [2.24, 2.45) is 0 Å². The highest BCUT2D eigenvalue weighted by molar-refractivity contribution is 5.71. The minimum absolute atomic E-state index is 0.0818. The van der Waals surface area contributed by atoms with Gasteiger partial charge in [-0.1, -0.05) is 304 Å². The highest BCUT2D eigenvalue weighted by Crippen LogP contribution is 2.17. The lowest BCUT2D eigenvalue weighted by Gasteiger charge is -2.18. The molecule has 0 aromatic carbocycles. The third kappa shape index (κ3) is 64.9. The summed E-state index contributed by atoms with van der Waals surface area (Å²) in [6.07, 6.45) is 92.4. The van der Waals surface area contributed by atoms with Crippen molar-refractivity contribution in [2.45, 2.75) is 329 Å². The van der Waals surface area contributed by atoms with Crippen LogP contribution in [-0.2, 0) is 28.6 Å². The van der Waals surface area contributed by atoms with Crippen LogP contribution in [0.3, 0.4) is 0 Å². The zero-order valence-corrected chi connectivity index (χ0v) is 52.6. The molecule has 6 heteroatoms. The van der Waals surface area contributed by atoms with E-state index < -0.39 is 6.10 Å². The van der Waals surface area contributed by atoms with E-state index >= 15 is 0 Å². The van der Waals surface area contributed by atoms with Gasteiger partial charge in [0.25, 0.3) is 0 Å². The number of hydrogen-bond donors (Lipinski definition) is 0. The Morgan fingerprint density at radius 3 is 0.787 bits per heavy atom. The van der Waals surface area contributed by atoms with E-state index in [1.54, 1.807) is 0 Å². The summed E-state index contributed by atoms with van der Waals surface area (Å²) in [4.78, 5) is 38.3. The van der Waals surface area contributed by atoms with Gasteiger partial charge < -0.3 is 14.2 Å². The lowest BCUT2D eigenvalue weighted by Crippen LogP contribution is -2.30. The van der Waals surface area contributed by atoms with Crippen LogP contribution >= 0.6 is 0 Å². The summed E-state index contributed by atoms with van der Waals surface area (Å²) < 4.78 is 16.9. The molecule has 1 atom stereocenters. The molecule has 0 radical (unpaired) electrons. The molecule has 6 nitrogen and oxygen atoms in total. The van der Waals surface area contributed by atoms with Crippen LogP contribution in [0.25, 0.3) is 0 Å². The summed E-state index contributed by atoms with van der Waals surface area (Å²) in [6, 6.07) is 0. The van der Waals surface area contributed by atoms with Crippen molar-refractivity contribution in [3.05, 3.63) is 109 Å². The van der Waals surface area contributed by atoms with Crippen LogP contribution in [0.2, 0.25) is 0 Å². The average molecular weight is 1110 g/mol.